The van der Waals surface area contributed by atoms with Crippen molar-refractivity contribution in [1.29, 1.82) is 0 Å². The maximum atomic E-state index is 3.56. The number of allylic oxidation sites excluding steroid dienone is 2. The molecule has 0 fully saturated rings. The van der Waals surface area contributed by atoms with Crippen molar-refractivity contribution < 1.29 is 0 Å². The number of nitrogens with one attached hydrogen (secondary N) is 1. The summed E-state index contributed by atoms with van der Waals surface area (Å²) >= 11 is 0. The largest absolute Gasteiger partial charge is 0.313 e. The van der Waals surface area contributed by atoms with Gasteiger partial charge in [-0.2, -0.15) is 0 Å². The molecule has 1 unspecified atom stereocenters. The summed E-state index contributed by atoms with van der Waals surface area (Å²) in [6.07, 6.45) is 9.48. The van der Waals surface area contributed by atoms with Gasteiger partial charge < -0.3 is 10.2 Å². The summed E-state index contributed by atoms with van der Waals surface area (Å²) in [5.41, 5.74) is 4.27. The first kappa shape index (κ1) is 16.0. The maximum absolute atomic E-state index is 3.56. The van der Waals surface area contributed by atoms with Crippen LogP contribution in [0.1, 0.15) is 36.8 Å². The van der Waals surface area contributed by atoms with Crippen LogP contribution in [-0.2, 0) is 6.54 Å². The van der Waals surface area contributed by atoms with Crippen molar-refractivity contribution in [2.45, 2.75) is 32.2 Å². The van der Waals surface area contributed by atoms with Crippen LogP contribution < -0.4 is 5.32 Å². The van der Waals surface area contributed by atoms with Crippen LogP contribution >= 0.6 is 0 Å². The van der Waals surface area contributed by atoms with E-state index in [2.05, 4.69) is 73.7 Å². The third-order valence-corrected chi connectivity index (χ3v) is 3.85. The molecule has 114 valence electrons. The number of hydrogen-bond acceptors (Lipinski definition) is 2. The molecule has 0 aliphatic heterocycles. The van der Waals surface area contributed by atoms with Gasteiger partial charge in [-0.25, -0.2) is 0 Å². The van der Waals surface area contributed by atoms with Crippen molar-refractivity contribution >= 4 is 0 Å². The van der Waals surface area contributed by atoms with E-state index in [9.17, 15) is 0 Å². The first-order valence-corrected chi connectivity index (χ1v) is 8.03. The van der Waals surface area contributed by atoms with Crippen molar-refractivity contribution in [2.24, 2.45) is 0 Å². The van der Waals surface area contributed by atoms with E-state index in [4.69, 9.17) is 0 Å². The summed E-state index contributed by atoms with van der Waals surface area (Å²) in [6, 6.07) is 8.81. The Morgan fingerprint density at radius 2 is 2.00 bits per heavy atom. The van der Waals surface area contributed by atoms with Crippen LogP contribution in [0.15, 0.2) is 48.1 Å². The lowest BCUT2D eigenvalue weighted by Crippen LogP contribution is -2.16. The van der Waals surface area contributed by atoms with E-state index in [1.807, 2.05) is 0 Å². The lowest BCUT2D eigenvalue weighted by molar-refractivity contribution is 0.449. The number of unbranched alkanes of at least 4 members (excludes halogenated alkanes) is 1. The Balaban J connectivity index is 2.03. The normalized spacial score (nSPS) is 17.5. The van der Waals surface area contributed by atoms with Gasteiger partial charge in [0.2, 0.25) is 0 Å². The Morgan fingerprint density at radius 3 is 2.76 bits per heavy atom. The molecule has 1 aliphatic rings. The third kappa shape index (κ3) is 4.83. The van der Waals surface area contributed by atoms with Crippen LogP contribution in [0.5, 0.6) is 0 Å². The first-order chi connectivity index (χ1) is 10.2. The summed E-state index contributed by atoms with van der Waals surface area (Å²) in [5, 5.41) is 3.56. The number of hydrogen-bond donors (Lipinski definition) is 1. The predicted molar refractivity (Wildman–Crippen MR) is 91.6 cm³/mol. The highest BCUT2D eigenvalue weighted by Crippen LogP contribution is 2.29. The highest BCUT2D eigenvalue weighted by Gasteiger charge is 2.15. The van der Waals surface area contributed by atoms with Crippen molar-refractivity contribution in [3.63, 3.8) is 0 Å². The molecule has 0 aromatic heterocycles. The minimum Gasteiger partial charge on any atom is -0.313 e. The summed E-state index contributed by atoms with van der Waals surface area (Å²) in [4.78, 5) is 2.22. The van der Waals surface area contributed by atoms with Crippen LogP contribution in [0.3, 0.4) is 0 Å². The fraction of sp³-hybridized carbons (Fsp3) is 0.474. The number of benzene rings is 1. The van der Waals surface area contributed by atoms with Crippen LogP contribution in [0.2, 0.25) is 0 Å². The molecule has 0 spiro atoms. The standard InChI is InChI=1S/C19H28N2/c1-4-5-12-20-14-18-8-6-7-9-19(18)17-11-10-16(13-17)15-21(2)3/h6-11,13,17,20H,4-5,12,14-15H2,1-3H3. The Bertz CT molecular complexity index is 500. The average Bonchev–Trinajstić information content (AvgIpc) is 2.91. The molecule has 0 bridgehead atoms. The molecule has 2 heteroatoms. The van der Waals surface area contributed by atoms with Crippen molar-refractivity contribution in [3.8, 4) is 0 Å². The van der Waals surface area contributed by atoms with Gasteiger partial charge in [0.1, 0.15) is 0 Å². The molecule has 1 aromatic rings. The molecular formula is C19H28N2. The third-order valence-electron chi connectivity index (χ3n) is 3.85. The zero-order valence-corrected chi connectivity index (χ0v) is 13.6. The molecule has 0 amide bonds. The molecule has 21 heavy (non-hydrogen) atoms. The van der Waals surface area contributed by atoms with Crippen molar-refractivity contribution in [3.05, 3.63) is 59.2 Å². The van der Waals surface area contributed by atoms with E-state index in [0.29, 0.717) is 5.92 Å². The molecule has 0 saturated carbocycles. The molecule has 2 nitrogen and oxygen atoms in total. The van der Waals surface area contributed by atoms with Crippen LogP contribution in [0, 0.1) is 0 Å². The van der Waals surface area contributed by atoms with E-state index < -0.39 is 0 Å². The van der Waals surface area contributed by atoms with E-state index in [0.717, 1.165) is 19.6 Å². The summed E-state index contributed by atoms with van der Waals surface area (Å²) in [6.45, 7) is 5.32. The van der Waals surface area contributed by atoms with E-state index in [1.165, 1.54) is 29.5 Å². The van der Waals surface area contributed by atoms with Gasteiger partial charge in [-0.3, -0.25) is 0 Å². The topological polar surface area (TPSA) is 15.3 Å². The van der Waals surface area contributed by atoms with Crippen LogP contribution in [-0.4, -0.2) is 32.1 Å². The zero-order chi connectivity index (χ0) is 15.1. The molecule has 1 aliphatic carbocycles. The molecular weight excluding hydrogens is 256 g/mol. The highest BCUT2D eigenvalue weighted by atomic mass is 15.0. The molecule has 2 rings (SSSR count). The lowest BCUT2D eigenvalue weighted by atomic mass is 9.95. The second-order valence-corrected chi connectivity index (χ2v) is 6.09. The monoisotopic (exact) mass is 284 g/mol. The first-order valence-electron chi connectivity index (χ1n) is 8.03. The van der Waals surface area contributed by atoms with Gasteiger partial charge in [-0.1, -0.05) is 55.8 Å². The summed E-state index contributed by atoms with van der Waals surface area (Å²) in [7, 11) is 4.24. The van der Waals surface area contributed by atoms with Crippen LogP contribution in [0.25, 0.3) is 0 Å². The smallest absolute Gasteiger partial charge is 0.0224 e. The zero-order valence-electron chi connectivity index (χ0n) is 13.6. The highest BCUT2D eigenvalue weighted by molar-refractivity contribution is 5.43. The maximum Gasteiger partial charge on any atom is 0.0224 e. The Labute approximate surface area is 129 Å². The van der Waals surface area contributed by atoms with Gasteiger partial charge in [0, 0.05) is 19.0 Å². The summed E-state index contributed by atoms with van der Waals surface area (Å²) < 4.78 is 0. The predicted octanol–water partition coefficient (Wildman–Crippen LogP) is 3.72. The van der Waals surface area contributed by atoms with Gasteiger partial charge in [0.05, 0.1) is 0 Å². The van der Waals surface area contributed by atoms with Gasteiger partial charge in [-0.05, 0) is 43.8 Å². The van der Waals surface area contributed by atoms with Crippen molar-refractivity contribution in [2.75, 3.05) is 27.2 Å². The second kappa shape index (κ2) is 8.16. The van der Waals surface area contributed by atoms with Gasteiger partial charge in [0.25, 0.3) is 0 Å². The van der Waals surface area contributed by atoms with Gasteiger partial charge in [-0.15, -0.1) is 0 Å². The quantitative estimate of drug-likeness (QED) is 0.732. The molecule has 0 radical (unpaired) electrons. The summed E-state index contributed by atoms with van der Waals surface area (Å²) in [5.74, 6) is 0.434. The lowest BCUT2D eigenvalue weighted by Gasteiger charge is -2.14. The minimum absolute atomic E-state index is 0.434. The second-order valence-electron chi connectivity index (χ2n) is 6.09. The molecule has 0 heterocycles. The average molecular weight is 284 g/mol. The fourth-order valence-electron chi connectivity index (χ4n) is 2.78. The molecule has 1 aromatic carbocycles. The minimum atomic E-state index is 0.434. The Hall–Kier alpha value is -1.38. The van der Waals surface area contributed by atoms with Gasteiger partial charge >= 0.3 is 0 Å². The van der Waals surface area contributed by atoms with Crippen molar-refractivity contribution in [1.82, 2.24) is 10.2 Å². The Morgan fingerprint density at radius 1 is 1.19 bits per heavy atom. The fourth-order valence-corrected chi connectivity index (χ4v) is 2.78. The van der Waals surface area contributed by atoms with E-state index in [1.54, 1.807) is 0 Å². The number of rotatable bonds is 8. The van der Waals surface area contributed by atoms with E-state index >= 15 is 0 Å². The molecule has 0 saturated heterocycles. The molecule has 1 atom stereocenters. The molecule has 1 N–H and O–H groups in total. The van der Waals surface area contributed by atoms with Gasteiger partial charge in [0.15, 0.2) is 0 Å². The number of nitrogens with zero attached hydrogens (tertiary/aromatic N) is 1. The SMILES string of the molecule is CCCCNCc1ccccc1C1C=CC(CN(C)C)=C1. The van der Waals surface area contributed by atoms with Crippen LogP contribution in [0.4, 0.5) is 0 Å². The van der Waals surface area contributed by atoms with E-state index in [-0.39, 0.29) is 0 Å². The Kier molecular flexibility index (Phi) is 6.21. The number of likely N-dealkylation sites (N-methyl/N-ethyl adjacent to an activating group) is 1.